The van der Waals surface area contributed by atoms with Crippen LogP contribution in [0.3, 0.4) is 0 Å². The summed E-state index contributed by atoms with van der Waals surface area (Å²) < 4.78 is 2.24. The van der Waals surface area contributed by atoms with E-state index in [1.165, 1.54) is 11.4 Å². The molecular weight excluding hydrogens is 136 g/mol. The van der Waals surface area contributed by atoms with Gasteiger partial charge in [0.15, 0.2) is 0 Å². The van der Waals surface area contributed by atoms with Gasteiger partial charge in [0, 0.05) is 24.0 Å². The molecule has 0 bridgehead atoms. The second kappa shape index (κ2) is 3.09. The second-order valence-electron chi connectivity index (χ2n) is 3.20. The number of hydrogen-bond donors (Lipinski definition) is 1. The molecule has 62 valence electrons. The minimum atomic E-state index is 0.236. The van der Waals surface area contributed by atoms with Gasteiger partial charge in [-0.1, -0.05) is 0 Å². The van der Waals surface area contributed by atoms with Crippen molar-refractivity contribution in [2.45, 2.75) is 33.4 Å². The van der Waals surface area contributed by atoms with Crippen LogP contribution >= 0.6 is 0 Å². The molecule has 1 atom stereocenters. The van der Waals surface area contributed by atoms with E-state index < -0.39 is 0 Å². The van der Waals surface area contributed by atoms with Crippen LogP contribution in [0.25, 0.3) is 0 Å². The van der Waals surface area contributed by atoms with Crippen LogP contribution in [-0.2, 0) is 6.54 Å². The van der Waals surface area contributed by atoms with Gasteiger partial charge in [-0.2, -0.15) is 0 Å². The van der Waals surface area contributed by atoms with E-state index in [0.717, 1.165) is 6.54 Å². The van der Waals surface area contributed by atoms with Gasteiger partial charge in [-0.3, -0.25) is 0 Å². The second-order valence-corrected chi connectivity index (χ2v) is 3.20. The topological polar surface area (TPSA) is 30.9 Å². The van der Waals surface area contributed by atoms with Crippen molar-refractivity contribution >= 4 is 0 Å². The van der Waals surface area contributed by atoms with Gasteiger partial charge in [-0.25, -0.2) is 0 Å². The fraction of sp³-hybridized carbons (Fsp3) is 0.556. The summed E-state index contributed by atoms with van der Waals surface area (Å²) in [6.07, 6.45) is 0. The Morgan fingerprint density at radius 3 is 2.18 bits per heavy atom. The molecule has 1 unspecified atom stereocenters. The van der Waals surface area contributed by atoms with Crippen LogP contribution in [0.1, 0.15) is 18.3 Å². The summed E-state index contributed by atoms with van der Waals surface area (Å²) in [6, 6.07) is 4.48. The maximum absolute atomic E-state index is 5.70. The van der Waals surface area contributed by atoms with Crippen molar-refractivity contribution in [3.63, 3.8) is 0 Å². The van der Waals surface area contributed by atoms with Gasteiger partial charge in [0.25, 0.3) is 0 Å². The molecular formula is C9H16N2. The number of hydrogen-bond acceptors (Lipinski definition) is 1. The molecule has 1 aromatic rings. The fourth-order valence-electron chi connectivity index (χ4n) is 1.28. The van der Waals surface area contributed by atoms with Crippen LogP contribution in [0.4, 0.5) is 0 Å². The van der Waals surface area contributed by atoms with Crippen LogP contribution in [0.15, 0.2) is 12.1 Å². The predicted molar refractivity (Wildman–Crippen MR) is 47.6 cm³/mol. The zero-order valence-electron chi connectivity index (χ0n) is 7.46. The Balaban J connectivity index is 2.83. The van der Waals surface area contributed by atoms with E-state index in [2.05, 4.69) is 30.5 Å². The molecule has 0 fully saturated rings. The third-order valence-corrected chi connectivity index (χ3v) is 1.89. The molecule has 2 heteroatoms. The Morgan fingerprint density at radius 2 is 1.82 bits per heavy atom. The monoisotopic (exact) mass is 152 g/mol. The summed E-state index contributed by atoms with van der Waals surface area (Å²) >= 11 is 0. The SMILES string of the molecule is Cc1ccc(C)n1CC(C)N. The van der Waals surface area contributed by atoms with Crippen molar-refractivity contribution in [2.24, 2.45) is 5.73 Å². The number of aryl methyl sites for hydroxylation is 2. The Hall–Kier alpha value is -0.760. The lowest BCUT2D eigenvalue weighted by molar-refractivity contribution is 0.571. The number of nitrogens with two attached hydrogens (primary N) is 1. The van der Waals surface area contributed by atoms with E-state index in [1.54, 1.807) is 0 Å². The normalized spacial score (nSPS) is 13.5. The molecule has 1 heterocycles. The van der Waals surface area contributed by atoms with E-state index in [-0.39, 0.29) is 6.04 Å². The Labute approximate surface area is 68.0 Å². The first-order valence-corrected chi connectivity index (χ1v) is 3.99. The first-order chi connectivity index (χ1) is 5.11. The Morgan fingerprint density at radius 1 is 1.36 bits per heavy atom. The standard InChI is InChI=1S/C9H16N2/c1-7(10)6-11-8(2)4-5-9(11)3/h4-5,7H,6,10H2,1-3H3. The highest BCUT2D eigenvalue weighted by molar-refractivity contribution is 5.13. The lowest BCUT2D eigenvalue weighted by Crippen LogP contribution is -2.23. The maximum atomic E-state index is 5.70. The van der Waals surface area contributed by atoms with Gasteiger partial charge in [-0.05, 0) is 32.9 Å². The number of nitrogens with zero attached hydrogens (tertiary/aromatic N) is 1. The first-order valence-electron chi connectivity index (χ1n) is 3.99. The van der Waals surface area contributed by atoms with Crippen molar-refractivity contribution in [3.8, 4) is 0 Å². The highest BCUT2D eigenvalue weighted by Gasteiger charge is 2.01. The molecule has 11 heavy (non-hydrogen) atoms. The summed E-state index contributed by atoms with van der Waals surface area (Å²) in [5.41, 5.74) is 8.28. The lowest BCUT2D eigenvalue weighted by atomic mass is 10.3. The molecule has 0 aliphatic heterocycles. The van der Waals surface area contributed by atoms with Gasteiger partial charge in [0.2, 0.25) is 0 Å². The molecule has 1 rings (SSSR count). The van der Waals surface area contributed by atoms with Crippen molar-refractivity contribution in [1.29, 1.82) is 0 Å². The molecule has 0 saturated carbocycles. The molecule has 0 aliphatic carbocycles. The third kappa shape index (κ3) is 1.84. The maximum Gasteiger partial charge on any atom is 0.0373 e. The average Bonchev–Trinajstić information content (AvgIpc) is 2.18. The van der Waals surface area contributed by atoms with Crippen molar-refractivity contribution < 1.29 is 0 Å². The fourth-order valence-corrected chi connectivity index (χ4v) is 1.28. The van der Waals surface area contributed by atoms with Crippen LogP contribution in [0.5, 0.6) is 0 Å². The molecule has 2 N–H and O–H groups in total. The van der Waals surface area contributed by atoms with Gasteiger partial charge in [-0.15, -0.1) is 0 Å². The van der Waals surface area contributed by atoms with E-state index in [0.29, 0.717) is 0 Å². The quantitative estimate of drug-likeness (QED) is 0.683. The minimum absolute atomic E-state index is 0.236. The zero-order chi connectivity index (χ0) is 8.43. The van der Waals surface area contributed by atoms with E-state index in [9.17, 15) is 0 Å². The van der Waals surface area contributed by atoms with E-state index in [4.69, 9.17) is 5.73 Å². The van der Waals surface area contributed by atoms with Gasteiger partial charge in [0.05, 0.1) is 0 Å². The predicted octanol–water partition coefficient (Wildman–Crippen LogP) is 1.45. The number of rotatable bonds is 2. The highest BCUT2D eigenvalue weighted by atomic mass is 15.0. The zero-order valence-corrected chi connectivity index (χ0v) is 7.46. The first kappa shape index (κ1) is 8.34. The minimum Gasteiger partial charge on any atom is -0.348 e. The highest BCUT2D eigenvalue weighted by Crippen LogP contribution is 2.06. The summed E-state index contributed by atoms with van der Waals surface area (Å²) in [5, 5.41) is 0. The Bertz CT molecular complexity index is 216. The number of aromatic nitrogens is 1. The van der Waals surface area contributed by atoms with E-state index >= 15 is 0 Å². The summed E-state index contributed by atoms with van der Waals surface area (Å²) in [5.74, 6) is 0. The molecule has 2 nitrogen and oxygen atoms in total. The van der Waals surface area contributed by atoms with Gasteiger partial charge < -0.3 is 10.3 Å². The average molecular weight is 152 g/mol. The lowest BCUT2D eigenvalue weighted by Gasteiger charge is -2.11. The molecule has 1 aromatic heterocycles. The van der Waals surface area contributed by atoms with Crippen LogP contribution in [-0.4, -0.2) is 10.6 Å². The largest absolute Gasteiger partial charge is 0.348 e. The third-order valence-electron chi connectivity index (χ3n) is 1.89. The molecule has 0 spiro atoms. The summed E-state index contributed by atoms with van der Waals surface area (Å²) in [7, 11) is 0. The van der Waals surface area contributed by atoms with Crippen LogP contribution in [0.2, 0.25) is 0 Å². The molecule has 0 saturated heterocycles. The Kier molecular flexibility index (Phi) is 2.35. The molecule has 0 aromatic carbocycles. The van der Waals surface area contributed by atoms with Crippen molar-refractivity contribution in [2.75, 3.05) is 0 Å². The van der Waals surface area contributed by atoms with Gasteiger partial charge >= 0.3 is 0 Å². The molecule has 0 amide bonds. The van der Waals surface area contributed by atoms with Crippen LogP contribution in [0, 0.1) is 13.8 Å². The molecule has 0 aliphatic rings. The summed E-state index contributed by atoms with van der Waals surface area (Å²) in [4.78, 5) is 0. The van der Waals surface area contributed by atoms with Crippen molar-refractivity contribution in [1.82, 2.24) is 4.57 Å². The summed E-state index contributed by atoms with van der Waals surface area (Å²) in [6.45, 7) is 7.16. The van der Waals surface area contributed by atoms with Crippen LogP contribution < -0.4 is 5.73 Å². The van der Waals surface area contributed by atoms with Crippen molar-refractivity contribution in [3.05, 3.63) is 23.5 Å². The van der Waals surface area contributed by atoms with Gasteiger partial charge in [0.1, 0.15) is 0 Å². The van der Waals surface area contributed by atoms with E-state index in [1.807, 2.05) is 6.92 Å². The smallest absolute Gasteiger partial charge is 0.0373 e. The molecule has 0 radical (unpaired) electrons.